The summed E-state index contributed by atoms with van der Waals surface area (Å²) in [5, 5.41) is 2.85. The van der Waals surface area contributed by atoms with Crippen LogP contribution in [-0.4, -0.2) is 53.9 Å². The first-order valence-corrected chi connectivity index (χ1v) is 11.3. The van der Waals surface area contributed by atoms with Gasteiger partial charge >= 0.3 is 0 Å². The fourth-order valence-corrected chi connectivity index (χ4v) is 4.40. The Morgan fingerprint density at radius 2 is 1.71 bits per heavy atom. The third-order valence-corrected chi connectivity index (χ3v) is 5.93. The molecule has 1 atom stereocenters. The smallest absolute Gasteiger partial charge is 0.248 e. The first-order valence-electron chi connectivity index (χ1n) is 10.1. The molecular formula is C23H26N2O5S. The Morgan fingerprint density at radius 3 is 2.35 bits per heavy atom. The van der Waals surface area contributed by atoms with Gasteiger partial charge in [0, 0.05) is 29.8 Å². The lowest BCUT2D eigenvalue weighted by Crippen LogP contribution is -2.44. The van der Waals surface area contributed by atoms with Gasteiger partial charge in [-0.1, -0.05) is 0 Å². The number of ketones is 1. The number of hydrogen-bond donors (Lipinski definition) is 1. The molecule has 0 saturated carbocycles. The van der Waals surface area contributed by atoms with E-state index in [2.05, 4.69) is 5.32 Å². The van der Waals surface area contributed by atoms with Crippen LogP contribution in [0.3, 0.4) is 0 Å². The number of anilines is 1. The summed E-state index contributed by atoms with van der Waals surface area (Å²) >= 11 is 1.53. The monoisotopic (exact) mass is 442 g/mol. The van der Waals surface area contributed by atoms with Crippen molar-refractivity contribution < 1.29 is 23.9 Å². The highest BCUT2D eigenvalue weighted by Crippen LogP contribution is 2.24. The van der Waals surface area contributed by atoms with Crippen molar-refractivity contribution in [2.24, 2.45) is 0 Å². The number of thioether (sulfide) groups is 1. The first kappa shape index (κ1) is 22.7. The molecule has 2 aromatic carbocycles. The Bertz CT molecular complexity index is 915. The number of rotatable bonds is 9. The summed E-state index contributed by atoms with van der Waals surface area (Å²) in [5.74, 6) is 1.83. The standard InChI is InChI=1S/C23H26N2O5S/c1-3-30-19-8-4-16(5-9-19)21(26)12-13-22(27)25-15-31-14-20(25)23(28)24-17-6-10-18(29-2)11-7-17/h4-11,20H,3,12-15H2,1-2H3,(H,24,28). The van der Waals surface area contributed by atoms with E-state index in [0.29, 0.717) is 41.0 Å². The van der Waals surface area contributed by atoms with E-state index in [4.69, 9.17) is 9.47 Å². The van der Waals surface area contributed by atoms with Crippen molar-refractivity contribution in [1.82, 2.24) is 4.90 Å². The number of ether oxygens (including phenoxy) is 2. The second-order valence-electron chi connectivity index (χ2n) is 6.98. The Morgan fingerprint density at radius 1 is 1.03 bits per heavy atom. The minimum atomic E-state index is -0.555. The van der Waals surface area contributed by atoms with Gasteiger partial charge in [-0.25, -0.2) is 0 Å². The van der Waals surface area contributed by atoms with E-state index >= 15 is 0 Å². The molecule has 7 nitrogen and oxygen atoms in total. The summed E-state index contributed by atoms with van der Waals surface area (Å²) < 4.78 is 10.5. The van der Waals surface area contributed by atoms with Crippen molar-refractivity contribution in [2.75, 3.05) is 30.7 Å². The van der Waals surface area contributed by atoms with Gasteiger partial charge in [-0.2, -0.15) is 0 Å². The normalized spacial score (nSPS) is 15.4. The summed E-state index contributed by atoms with van der Waals surface area (Å²) in [5.41, 5.74) is 1.18. The number of nitrogens with one attached hydrogen (secondary N) is 1. The minimum Gasteiger partial charge on any atom is -0.497 e. The Kier molecular flexibility index (Phi) is 7.94. The average Bonchev–Trinajstić information content (AvgIpc) is 3.29. The highest BCUT2D eigenvalue weighted by Gasteiger charge is 2.34. The molecular weight excluding hydrogens is 416 g/mol. The number of hydrogen-bond acceptors (Lipinski definition) is 6. The van der Waals surface area contributed by atoms with Crippen LogP contribution >= 0.6 is 11.8 Å². The number of carbonyl (C=O) groups excluding carboxylic acids is 3. The van der Waals surface area contributed by atoms with Crippen LogP contribution in [0.4, 0.5) is 5.69 Å². The van der Waals surface area contributed by atoms with Crippen LogP contribution in [0.5, 0.6) is 11.5 Å². The maximum atomic E-state index is 12.7. The fraction of sp³-hybridized carbons (Fsp3) is 0.348. The van der Waals surface area contributed by atoms with Crippen molar-refractivity contribution in [3.63, 3.8) is 0 Å². The molecule has 1 aliphatic rings. The van der Waals surface area contributed by atoms with Crippen molar-refractivity contribution in [3.8, 4) is 11.5 Å². The summed E-state index contributed by atoms with van der Waals surface area (Å²) in [4.78, 5) is 39.4. The molecule has 2 aromatic rings. The van der Waals surface area contributed by atoms with Crippen LogP contribution in [0, 0.1) is 0 Å². The zero-order valence-electron chi connectivity index (χ0n) is 17.6. The molecule has 3 rings (SSSR count). The molecule has 1 fully saturated rings. The molecule has 1 unspecified atom stereocenters. The van der Waals surface area contributed by atoms with E-state index in [1.165, 1.54) is 11.8 Å². The zero-order valence-corrected chi connectivity index (χ0v) is 18.4. The fourth-order valence-electron chi connectivity index (χ4n) is 3.22. The number of carbonyl (C=O) groups is 3. The lowest BCUT2D eigenvalue weighted by Gasteiger charge is -2.23. The van der Waals surface area contributed by atoms with Crippen LogP contribution < -0.4 is 14.8 Å². The summed E-state index contributed by atoms with van der Waals surface area (Å²) in [6.45, 7) is 2.45. The van der Waals surface area contributed by atoms with Gasteiger partial charge in [0.1, 0.15) is 17.5 Å². The van der Waals surface area contributed by atoms with Crippen LogP contribution in [-0.2, 0) is 9.59 Å². The van der Waals surface area contributed by atoms with Crippen molar-refractivity contribution >= 4 is 35.0 Å². The molecule has 1 aliphatic heterocycles. The van der Waals surface area contributed by atoms with Gasteiger partial charge in [0.15, 0.2) is 5.78 Å². The SMILES string of the molecule is CCOc1ccc(C(=O)CCC(=O)N2CSCC2C(=O)Nc2ccc(OC)cc2)cc1. The molecule has 0 bridgehead atoms. The largest absolute Gasteiger partial charge is 0.497 e. The molecule has 1 heterocycles. The predicted molar refractivity (Wildman–Crippen MR) is 121 cm³/mol. The van der Waals surface area contributed by atoms with E-state index in [0.717, 1.165) is 0 Å². The topological polar surface area (TPSA) is 84.9 Å². The summed E-state index contributed by atoms with van der Waals surface area (Å²) in [6.07, 6.45) is 0.166. The van der Waals surface area contributed by atoms with Gasteiger partial charge in [0.2, 0.25) is 11.8 Å². The molecule has 0 radical (unpaired) electrons. The number of amides is 2. The first-order chi connectivity index (χ1) is 15.0. The maximum Gasteiger partial charge on any atom is 0.248 e. The quantitative estimate of drug-likeness (QED) is 0.598. The molecule has 1 saturated heterocycles. The molecule has 8 heteroatoms. The number of methoxy groups -OCH3 is 1. The molecule has 1 N–H and O–H groups in total. The van der Waals surface area contributed by atoms with Crippen molar-refractivity contribution in [1.29, 1.82) is 0 Å². The predicted octanol–water partition coefficient (Wildman–Crippen LogP) is 3.60. The lowest BCUT2D eigenvalue weighted by molar-refractivity contribution is -0.136. The molecule has 0 aromatic heterocycles. The number of benzene rings is 2. The van der Waals surface area contributed by atoms with Gasteiger partial charge in [0.05, 0.1) is 19.6 Å². The highest BCUT2D eigenvalue weighted by atomic mass is 32.2. The van der Waals surface area contributed by atoms with E-state index < -0.39 is 6.04 Å². The Balaban J connectivity index is 1.53. The van der Waals surface area contributed by atoms with Crippen LogP contribution in [0.2, 0.25) is 0 Å². The van der Waals surface area contributed by atoms with Crippen molar-refractivity contribution in [2.45, 2.75) is 25.8 Å². The van der Waals surface area contributed by atoms with E-state index in [1.54, 1.807) is 60.5 Å². The van der Waals surface area contributed by atoms with Crippen LogP contribution in [0.1, 0.15) is 30.1 Å². The highest BCUT2D eigenvalue weighted by molar-refractivity contribution is 7.99. The van der Waals surface area contributed by atoms with Gasteiger partial charge in [0.25, 0.3) is 0 Å². The molecule has 0 aliphatic carbocycles. The number of nitrogens with zero attached hydrogens (tertiary/aromatic N) is 1. The third kappa shape index (κ3) is 6.01. The maximum absolute atomic E-state index is 12.7. The van der Waals surface area contributed by atoms with E-state index in [9.17, 15) is 14.4 Å². The molecule has 2 amide bonds. The van der Waals surface area contributed by atoms with Crippen molar-refractivity contribution in [3.05, 3.63) is 54.1 Å². The molecule has 31 heavy (non-hydrogen) atoms. The second kappa shape index (κ2) is 10.9. The summed E-state index contributed by atoms with van der Waals surface area (Å²) in [6, 6.07) is 13.4. The summed E-state index contributed by atoms with van der Waals surface area (Å²) in [7, 11) is 1.58. The van der Waals surface area contributed by atoms with Crippen LogP contribution in [0.15, 0.2) is 48.5 Å². The third-order valence-electron chi connectivity index (χ3n) is 4.92. The Labute approximate surface area is 186 Å². The minimum absolute atomic E-state index is 0.0684. The van der Waals surface area contributed by atoms with Gasteiger partial charge in [-0.15, -0.1) is 11.8 Å². The molecule has 164 valence electrons. The van der Waals surface area contributed by atoms with Gasteiger partial charge < -0.3 is 19.7 Å². The Hall–Kier alpha value is -3.00. The molecule has 0 spiro atoms. The van der Waals surface area contributed by atoms with E-state index in [1.807, 2.05) is 6.92 Å². The van der Waals surface area contributed by atoms with Gasteiger partial charge in [-0.05, 0) is 55.5 Å². The second-order valence-corrected chi connectivity index (χ2v) is 7.98. The zero-order chi connectivity index (χ0) is 22.2. The number of Topliss-reactive ketones (excluding diaryl/α,β-unsaturated/α-hetero) is 1. The van der Waals surface area contributed by atoms with Crippen LogP contribution in [0.25, 0.3) is 0 Å². The van der Waals surface area contributed by atoms with Gasteiger partial charge in [-0.3, -0.25) is 14.4 Å². The lowest BCUT2D eigenvalue weighted by atomic mass is 10.1. The van der Waals surface area contributed by atoms with E-state index in [-0.39, 0.29) is 30.4 Å². The average molecular weight is 443 g/mol.